The number of benzene rings is 3. The maximum atomic E-state index is 13.7. The smallest absolute Gasteiger partial charge is 0.408 e. The maximum Gasteiger partial charge on any atom is 0.408 e. The van der Waals surface area contributed by atoms with Crippen LogP contribution in [0.3, 0.4) is 0 Å². The first-order valence-electron chi connectivity index (χ1n) is 13.5. The Bertz CT molecular complexity index is 1310. The molecule has 0 aromatic heterocycles. The highest BCUT2D eigenvalue weighted by atomic mass is 32.2. The van der Waals surface area contributed by atoms with E-state index in [1.807, 2.05) is 91.0 Å². The Labute approximate surface area is 242 Å². The molecule has 0 radical (unpaired) electrons. The van der Waals surface area contributed by atoms with E-state index in [2.05, 4.69) is 10.6 Å². The number of ether oxygens (including phenoxy) is 1. The maximum absolute atomic E-state index is 13.7. The van der Waals surface area contributed by atoms with Crippen molar-refractivity contribution in [2.45, 2.75) is 57.7 Å². The lowest BCUT2D eigenvalue weighted by Crippen LogP contribution is -2.48. The molecule has 0 heterocycles. The minimum atomic E-state index is -3.95. The fourth-order valence-electron chi connectivity index (χ4n) is 4.41. The zero-order valence-electron chi connectivity index (χ0n) is 23.9. The lowest BCUT2D eigenvalue weighted by Gasteiger charge is -2.37. The third-order valence-electron chi connectivity index (χ3n) is 6.09. The van der Waals surface area contributed by atoms with E-state index >= 15 is 0 Å². The molecule has 0 bridgehead atoms. The molecule has 0 aliphatic rings. The third kappa shape index (κ3) is 9.30. The van der Waals surface area contributed by atoms with Gasteiger partial charge in [0.05, 0.1) is 18.1 Å². The molecule has 218 valence electrons. The van der Waals surface area contributed by atoms with Gasteiger partial charge in [-0.3, -0.25) is 8.98 Å². The van der Waals surface area contributed by atoms with Crippen molar-refractivity contribution in [2.24, 2.45) is 0 Å². The summed E-state index contributed by atoms with van der Waals surface area (Å²) in [5.41, 5.74) is 0.863. The largest absolute Gasteiger partial charge is 0.444 e. The summed E-state index contributed by atoms with van der Waals surface area (Å²) in [4.78, 5) is 26.2. The second kappa shape index (κ2) is 14.1. The summed E-state index contributed by atoms with van der Waals surface area (Å²) in [6.07, 6.45) is 0.653. The molecule has 0 spiro atoms. The molecule has 0 aliphatic heterocycles. The van der Waals surface area contributed by atoms with Crippen molar-refractivity contribution in [2.75, 3.05) is 6.61 Å². The first-order chi connectivity index (χ1) is 19.4. The Morgan fingerprint density at radius 1 is 0.829 bits per heavy atom. The first-order valence-corrected chi connectivity index (χ1v) is 15.0. The number of hydrogen-bond acceptors (Lipinski definition) is 6. The molecular weight excluding hydrogens is 540 g/mol. The summed E-state index contributed by atoms with van der Waals surface area (Å²) >= 11 is 0. The van der Waals surface area contributed by atoms with Crippen LogP contribution in [0.5, 0.6) is 0 Å². The minimum Gasteiger partial charge on any atom is -0.444 e. The van der Waals surface area contributed by atoms with E-state index in [4.69, 9.17) is 8.92 Å². The predicted molar refractivity (Wildman–Crippen MR) is 159 cm³/mol. The topological polar surface area (TPSA) is 111 Å². The second-order valence-corrected chi connectivity index (χ2v) is 11.9. The van der Waals surface area contributed by atoms with Gasteiger partial charge in [-0.1, -0.05) is 91.0 Å². The van der Waals surface area contributed by atoms with E-state index in [1.165, 1.54) is 6.08 Å². The molecule has 0 saturated heterocycles. The summed E-state index contributed by atoms with van der Waals surface area (Å²) in [6.45, 7) is 6.70. The fraction of sp³-hybridized carbons (Fsp3) is 0.312. The van der Waals surface area contributed by atoms with Crippen LogP contribution in [0, 0.1) is 0 Å². The highest BCUT2D eigenvalue weighted by molar-refractivity contribution is 7.89. The molecule has 3 aromatic carbocycles. The molecule has 9 heteroatoms. The van der Waals surface area contributed by atoms with Crippen LogP contribution in [0.15, 0.2) is 102 Å². The Balaban J connectivity index is 1.92. The number of amides is 2. The van der Waals surface area contributed by atoms with E-state index in [0.717, 1.165) is 22.1 Å². The Hall–Kier alpha value is -3.95. The number of carbonyl (C=O) groups is 2. The van der Waals surface area contributed by atoms with E-state index < -0.39 is 33.4 Å². The number of alkyl carbamates (subject to hydrolysis) is 1. The fourth-order valence-corrected chi connectivity index (χ4v) is 5.20. The van der Waals surface area contributed by atoms with Crippen LogP contribution < -0.4 is 10.6 Å². The van der Waals surface area contributed by atoms with Crippen molar-refractivity contribution in [3.63, 3.8) is 0 Å². The molecule has 0 fully saturated rings. The van der Waals surface area contributed by atoms with Gasteiger partial charge >= 0.3 is 6.09 Å². The molecule has 1 unspecified atom stereocenters. The Morgan fingerprint density at radius 3 is 1.71 bits per heavy atom. The second-order valence-electron chi connectivity index (χ2n) is 10.4. The van der Waals surface area contributed by atoms with Gasteiger partial charge in [0.15, 0.2) is 0 Å². The molecule has 2 amide bonds. The SMILES string of the molecule is CCOS(=O)(=O)/C=C/C(CCC(=O)NC(c1ccccc1)(c1ccccc1)c1ccccc1)NC(=O)OC(C)(C)C. The van der Waals surface area contributed by atoms with Gasteiger partial charge in [-0.15, -0.1) is 0 Å². The molecular formula is C32H38N2O6S. The summed E-state index contributed by atoms with van der Waals surface area (Å²) in [5, 5.41) is 6.81. The van der Waals surface area contributed by atoms with Crippen molar-refractivity contribution in [1.29, 1.82) is 0 Å². The normalized spacial score (nSPS) is 13.0. The third-order valence-corrected chi connectivity index (χ3v) is 7.15. The molecule has 0 aliphatic carbocycles. The molecule has 3 aromatic rings. The summed E-state index contributed by atoms with van der Waals surface area (Å²) in [6, 6.07) is 28.3. The summed E-state index contributed by atoms with van der Waals surface area (Å²) < 4.78 is 34.3. The van der Waals surface area contributed by atoms with E-state index in [1.54, 1.807) is 27.7 Å². The Kier molecular flexibility index (Phi) is 10.9. The number of rotatable bonds is 12. The number of nitrogens with one attached hydrogen (secondary N) is 2. The zero-order chi connectivity index (χ0) is 29.9. The monoisotopic (exact) mass is 578 g/mol. The van der Waals surface area contributed by atoms with Gasteiger partial charge in [-0.2, -0.15) is 8.42 Å². The molecule has 0 saturated carbocycles. The molecule has 3 rings (SSSR count). The van der Waals surface area contributed by atoms with Gasteiger partial charge in [0.2, 0.25) is 5.91 Å². The van der Waals surface area contributed by atoms with Crippen LogP contribution in [0.25, 0.3) is 0 Å². The molecule has 1 atom stereocenters. The highest BCUT2D eigenvalue weighted by Crippen LogP contribution is 2.37. The van der Waals surface area contributed by atoms with Gasteiger partial charge in [0, 0.05) is 6.42 Å². The number of hydrogen-bond donors (Lipinski definition) is 2. The van der Waals surface area contributed by atoms with Crippen molar-refractivity contribution >= 4 is 22.1 Å². The van der Waals surface area contributed by atoms with Crippen LogP contribution in [-0.2, 0) is 29.4 Å². The van der Waals surface area contributed by atoms with Crippen molar-refractivity contribution in [3.8, 4) is 0 Å². The quantitative estimate of drug-likeness (QED) is 0.212. The van der Waals surface area contributed by atoms with Gasteiger partial charge in [-0.05, 0) is 56.9 Å². The number of carbonyl (C=O) groups excluding carboxylic acids is 2. The van der Waals surface area contributed by atoms with E-state index in [9.17, 15) is 18.0 Å². The summed E-state index contributed by atoms with van der Waals surface area (Å²) in [7, 11) is -3.95. The average Bonchev–Trinajstić information content (AvgIpc) is 2.93. The summed E-state index contributed by atoms with van der Waals surface area (Å²) in [5.74, 6) is -0.293. The van der Waals surface area contributed by atoms with E-state index in [0.29, 0.717) is 0 Å². The highest BCUT2D eigenvalue weighted by Gasteiger charge is 2.37. The first kappa shape index (κ1) is 31.6. The minimum absolute atomic E-state index is 0.0201. The molecule has 41 heavy (non-hydrogen) atoms. The molecule has 2 N–H and O–H groups in total. The predicted octanol–water partition coefficient (Wildman–Crippen LogP) is 5.65. The van der Waals surface area contributed by atoms with Crippen molar-refractivity contribution < 1.29 is 26.9 Å². The van der Waals surface area contributed by atoms with Gasteiger partial charge in [0.25, 0.3) is 10.1 Å². The lowest BCUT2D eigenvalue weighted by molar-refractivity contribution is -0.122. The van der Waals surface area contributed by atoms with Gasteiger partial charge in [0.1, 0.15) is 11.1 Å². The van der Waals surface area contributed by atoms with Crippen LogP contribution in [-0.4, -0.2) is 38.7 Å². The standard InChI is InChI=1S/C32H38N2O6S/c1-5-39-41(37,38)24-23-28(33-30(36)40-31(2,3)4)21-22-29(35)34-32(25-15-9-6-10-16-25,26-17-11-7-12-18-26)27-19-13-8-14-20-27/h6-20,23-24,28H,5,21-22H2,1-4H3,(H,33,36)(H,34,35)/b24-23+. The average molecular weight is 579 g/mol. The van der Waals surface area contributed by atoms with Crippen LogP contribution >= 0.6 is 0 Å². The van der Waals surface area contributed by atoms with Crippen LogP contribution in [0.4, 0.5) is 4.79 Å². The Morgan fingerprint density at radius 2 is 1.29 bits per heavy atom. The van der Waals surface area contributed by atoms with E-state index in [-0.39, 0.29) is 25.4 Å². The van der Waals surface area contributed by atoms with Gasteiger partial charge in [-0.25, -0.2) is 4.79 Å². The van der Waals surface area contributed by atoms with Crippen molar-refractivity contribution in [1.82, 2.24) is 10.6 Å². The van der Waals surface area contributed by atoms with Crippen molar-refractivity contribution in [3.05, 3.63) is 119 Å². The zero-order valence-corrected chi connectivity index (χ0v) is 24.7. The lowest BCUT2D eigenvalue weighted by atomic mass is 9.77. The van der Waals surface area contributed by atoms with Gasteiger partial charge < -0.3 is 15.4 Å². The molecule has 8 nitrogen and oxygen atoms in total. The van der Waals surface area contributed by atoms with Crippen LogP contribution in [0.2, 0.25) is 0 Å². The van der Waals surface area contributed by atoms with Crippen LogP contribution in [0.1, 0.15) is 57.2 Å².